The summed E-state index contributed by atoms with van der Waals surface area (Å²) in [7, 11) is -3.32. The smallest absolute Gasteiger partial charge is 0.326 e. The van der Waals surface area contributed by atoms with Crippen molar-refractivity contribution in [3.63, 3.8) is 0 Å². The van der Waals surface area contributed by atoms with Crippen molar-refractivity contribution in [2.75, 3.05) is 12.0 Å². The zero-order chi connectivity index (χ0) is 19.5. The number of hydrogen-bond donors (Lipinski definition) is 2. The second-order valence-electron chi connectivity index (χ2n) is 6.17. The number of nitrogens with zero attached hydrogens (tertiary/aromatic N) is 2. The highest BCUT2D eigenvalue weighted by atomic mass is 32.2. The van der Waals surface area contributed by atoms with E-state index in [1.54, 1.807) is 28.9 Å². The van der Waals surface area contributed by atoms with E-state index in [1.807, 2.05) is 19.9 Å². The van der Waals surface area contributed by atoms with Gasteiger partial charge < -0.3 is 10.4 Å². The van der Waals surface area contributed by atoms with Crippen LogP contribution in [0.5, 0.6) is 0 Å². The van der Waals surface area contributed by atoms with Crippen LogP contribution in [0.1, 0.15) is 28.2 Å². The molecule has 0 fully saturated rings. The maximum absolute atomic E-state index is 12.3. The van der Waals surface area contributed by atoms with Crippen LogP contribution in [0, 0.1) is 13.8 Å². The minimum absolute atomic E-state index is 0.191. The molecule has 1 atom stereocenters. The zero-order valence-electron chi connectivity index (χ0n) is 14.8. The summed E-state index contributed by atoms with van der Waals surface area (Å²) in [4.78, 5) is 23.5. The lowest BCUT2D eigenvalue weighted by molar-refractivity contribution is -0.139. The fourth-order valence-corrected chi connectivity index (χ4v) is 3.14. The Morgan fingerprint density at radius 3 is 2.31 bits per heavy atom. The average Bonchev–Trinajstić information content (AvgIpc) is 2.88. The number of aliphatic carboxylic acids is 1. The van der Waals surface area contributed by atoms with E-state index in [0.29, 0.717) is 0 Å². The summed E-state index contributed by atoms with van der Waals surface area (Å²) < 4.78 is 24.1. The van der Waals surface area contributed by atoms with Crippen molar-refractivity contribution in [1.29, 1.82) is 0 Å². The lowest BCUT2D eigenvalue weighted by atomic mass is 10.1. The van der Waals surface area contributed by atoms with E-state index < -0.39 is 27.8 Å². The zero-order valence-corrected chi connectivity index (χ0v) is 15.6. The molecule has 26 heavy (non-hydrogen) atoms. The molecule has 9 heteroatoms. The number of nitrogens with one attached hydrogen (secondary N) is 1. The minimum Gasteiger partial charge on any atom is -0.480 e. The standard InChI is InChI=1S/C17H21N3O5S/c1-11-10-12(2)20(19-11)14-6-4-13(5-7-14)16(21)18-15(17(22)23)8-9-26(3,24)25/h4-7,10,15H,8-9H2,1-3H3,(H,18,21)(H,22,23)/t15-/m0/s1. The monoisotopic (exact) mass is 379 g/mol. The molecule has 2 aromatic rings. The first-order valence-corrected chi connectivity index (χ1v) is 9.98. The van der Waals surface area contributed by atoms with E-state index >= 15 is 0 Å². The molecule has 0 spiro atoms. The minimum atomic E-state index is -3.32. The fourth-order valence-electron chi connectivity index (χ4n) is 2.48. The number of sulfone groups is 1. The van der Waals surface area contributed by atoms with Gasteiger partial charge in [0.1, 0.15) is 15.9 Å². The van der Waals surface area contributed by atoms with Crippen molar-refractivity contribution < 1.29 is 23.1 Å². The summed E-state index contributed by atoms with van der Waals surface area (Å²) in [5.74, 6) is -2.17. The molecule has 0 aliphatic carbocycles. The number of aryl methyl sites for hydroxylation is 2. The predicted molar refractivity (Wildman–Crippen MR) is 96.3 cm³/mol. The Bertz CT molecular complexity index is 916. The van der Waals surface area contributed by atoms with E-state index in [-0.39, 0.29) is 17.7 Å². The van der Waals surface area contributed by atoms with Crippen LogP contribution in [0.2, 0.25) is 0 Å². The van der Waals surface area contributed by atoms with Gasteiger partial charge in [0.25, 0.3) is 5.91 Å². The Kier molecular flexibility index (Phi) is 5.81. The molecule has 0 unspecified atom stereocenters. The molecule has 1 aromatic carbocycles. The van der Waals surface area contributed by atoms with Crippen molar-refractivity contribution in [2.24, 2.45) is 0 Å². The summed E-state index contributed by atoms with van der Waals surface area (Å²) in [5, 5.41) is 15.9. The molecule has 0 bridgehead atoms. The number of benzene rings is 1. The average molecular weight is 379 g/mol. The Labute approximate surface area is 151 Å². The van der Waals surface area contributed by atoms with Gasteiger partial charge in [-0.25, -0.2) is 17.9 Å². The molecule has 0 aliphatic rings. The SMILES string of the molecule is Cc1cc(C)n(-c2ccc(C(=O)N[C@@H](CCS(C)(=O)=O)C(=O)O)cc2)n1. The number of rotatable bonds is 7. The van der Waals surface area contributed by atoms with Gasteiger partial charge in [0, 0.05) is 17.5 Å². The molecule has 2 rings (SSSR count). The highest BCUT2D eigenvalue weighted by Gasteiger charge is 2.22. The van der Waals surface area contributed by atoms with Crippen LogP contribution in [0.25, 0.3) is 5.69 Å². The van der Waals surface area contributed by atoms with Crippen LogP contribution in [-0.4, -0.2) is 53.2 Å². The third kappa shape index (κ3) is 5.16. The first-order valence-electron chi connectivity index (χ1n) is 7.92. The van der Waals surface area contributed by atoms with Crippen LogP contribution < -0.4 is 5.32 Å². The molecule has 0 radical (unpaired) electrons. The second-order valence-corrected chi connectivity index (χ2v) is 8.43. The van der Waals surface area contributed by atoms with Gasteiger partial charge >= 0.3 is 5.97 Å². The first-order chi connectivity index (χ1) is 12.1. The Hall–Kier alpha value is -2.68. The topological polar surface area (TPSA) is 118 Å². The van der Waals surface area contributed by atoms with Gasteiger partial charge in [0.2, 0.25) is 0 Å². The van der Waals surface area contributed by atoms with E-state index in [0.717, 1.165) is 23.3 Å². The lowest BCUT2D eigenvalue weighted by Crippen LogP contribution is -2.41. The Morgan fingerprint density at radius 1 is 1.23 bits per heavy atom. The highest BCUT2D eigenvalue weighted by Crippen LogP contribution is 2.13. The molecule has 0 saturated carbocycles. The van der Waals surface area contributed by atoms with Crippen LogP contribution in [0.3, 0.4) is 0 Å². The van der Waals surface area contributed by atoms with Crippen LogP contribution in [0.15, 0.2) is 30.3 Å². The van der Waals surface area contributed by atoms with Gasteiger partial charge in [-0.15, -0.1) is 0 Å². The molecule has 8 nitrogen and oxygen atoms in total. The predicted octanol–water partition coefficient (Wildman–Crippen LogP) is 1.11. The van der Waals surface area contributed by atoms with Crippen molar-refractivity contribution >= 4 is 21.7 Å². The van der Waals surface area contributed by atoms with Crippen LogP contribution in [0.4, 0.5) is 0 Å². The van der Waals surface area contributed by atoms with Crippen molar-refractivity contribution in [3.8, 4) is 5.69 Å². The summed E-state index contributed by atoms with van der Waals surface area (Å²) in [6.07, 6.45) is 0.829. The largest absolute Gasteiger partial charge is 0.480 e. The van der Waals surface area contributed by atoms with Gasteiger partial charge in [-0.3, -0.25) is 4.79 Å². The van der Waals surface area contributed by atoms with Crippen LogP contribution in [-0.2, 0) is 14.6 Å². The molecule has 1 amide bonds. The van der Waals surface area contributed by atoms with E-state index in [9.17, 15) is 23.1 Å². The van der Waals surface area contributed by atoms with E-state index in [1.165, 1.54) is 0 Å². The van der Waals surface area contributed by atoms with Crippen molar-refractivity contribution in [2.45, 2.75) is 26.3 Å². The number of carbonyl (C=O) groups excluding carboxylic acids is 1. The van der Waals surface area contributed by atoms with Gasteiger partial charge in [-0.2, -0.15) is 5.10 Å². The summed E-state index contributed by atoms with van der Waals surface area (Å²) >= 11 is 0. The highest BCUT2D eigenvalue weighted by molar-refractivity contribution is 7.90. The number of amides is 1. The van der Waals surface area contributed by atoms with Gasteiger partial charge in [-0.05, 0) is 50.6 Å². The number of aromatic nitrogens is 2. The Balaban J connectivity index is 2.11. The number of carboxylic acid groups (broad SMARTS) is 1. The molecular formula is C17H21N3O5S. The molecule has 1 heterocycles. The normalized spacial score (nSPS) is 12.6. The van der Waals surface area contributed by atoms with E-state index in [4.69, 9.17) is 0 Å². The summed E-state index contributed by atoms with van der Waals surface area (Å²) in [6.45, 7) is 3.80. The maximum Gasteiger partial charge on any atom is 0.326 e. The second kappa shape index (κ2) is 7.69. The summed E-state index contributed by atoms with van der Waals surface area (Å²) in [5.41, 5.74) is 2.88. The molecular weight excluding hydrogens is 358 g/mol. The molecule has 1 aromatic heterocycles. The van der Waals surface area contributed by atoms with Crippen molar-refractivity contribution in [3.05, 3.63) is 47.3 Å². The van der Waals surface area contributed by atoms with Gasteiger partial charge in [0.15, 0.2) is 0 Å². The maximum atomic E-state index is 12.3. The van der Waals surface area contributed by atoms with Gasteiger partial charge in [-0.1, -0.05) is 0 Å². The molecule has 2 N–H and O–H groups in total. The fraction of sp³-hybridized carbons (Fsp3) is 0.353. The molecule has 0 aliphatic heterocycles. The van der Waals surface area contributed by atoms with E-state index in [2.05, 4.69) is 10.4 Å². The number of carbonyl (C=O) groups is 2. The molecule has 0 saturated heterocycles. The third-order valence-corrected chi connectivity index (χ3v) is 4.74. The molecule has 140 valence electrons. The van der Waals surface area contributed by atoms with Crippen LogP contribution >= 0.6 is 0 Å². The quantitative estimate of drug-likeness (QED) is 0.744. The van der Waals surface area contributed by atoms with Crippen molar-refractivity contribution in [1.82, 2.24) is 15.1 Å². The summed E-state index contributed by atoms with van der Waals surface area (Å²) in [6, 6.07) is 7.21. The number of carboxylic acids is 1. The Morgan fingerprint density at radius 2 is 1.85 bits per heavy atom. The number of hydrogen-bond acceptors (Lipinski definition) is 5. The first kappa shape index (κ1) is 19.6. The third-order valence-electron chi connectivity index (χ3n) is 3.76. The van der Waals surface area contributed by atoms with Gasteiger partial charge in [0.05, 0.1) is 17.1 Å². The lowest BCUT2D eigenvalue weighted by Gasteiger charge is -2.14.